The van der Waals surface area contributed by atoms with E-state index in [-0.39, 0.29) is 0 Å². The van der Waals surface area contributed by atoms with E-state index in [0.717, 1.165) is 0 Å². The number of thiophene rings is 1. The fourth-order valence-corrected chi connectivity index (χ4v) is 2.09. The average molecular weight is 149 g/mol. The van der Waals surface area contributed by atoms with Crippen LogP contribution in [-0.2, 0) is 18.3 Å². The molecule has 0 N–H and O–H groups in total. The Bertz CT molecular complexity index is 111. The second-order valence-corrected chi connectivity index (χ2v) is 3.62. The Morgan fingerprint density at radius 2 is 2.50 bits per heavy atom. The summed E-state index contributed by atoms with van der Waals surface area (Å²) in [4.78, 5) is 0. The first-order chi connectivity index (χ1) is 2.89. The minimum atomic E-state index is 1.30. The molecular formula is C4H3SZn. The molecule has 0 aromatic carbocycles. The van der Waals surface area contributed by atoms with E-state index in [1.54, 1.807) is 11.3 Å². The zero-order valence-electron chi connectivity index (χ0n) is 3.35. The Morgan fingerprint density at radius 3 is 2.67 bits per heavy atom. The molecule has 27 valence electrons. The number of rotatable bonds is 0. The van der Waals surface area contributed by atoms with Crippen molar-refractivity contribution in [2.45, 2.75) is 0 Å². The van der Waals surface area contributed by atoms with Gasteiger partial charge in [-0.1, -0.05) is 0 Å². The Labute approximate surface area is 50.9 Å². The summed E-state index contributed by atoms with van der Waals surface area (Å²) < 4.78 is 1.49. The third-order valence-corrected chi connectivity index (χ3v) is 2.86. The Hall–Kier alpha value is 0.323. The van der Waals surface area contributed by atoms with Crippen LogP contribution in [0.1, 0.15) is 0 Å². The molecular weight excluding hydrogens is 146 g/mol. The van der Waals surface area contributed by atoms with E-state index in [0.29, 0.717) is 0 Å². The maximum atomic E-state index is 2.18. The van der Waals surface area contributed by atoms with Crippen LogP contribution in [-0.4, -0.2) is 0 Å². The standard InChI is InChI=1S/C4H3S.Zn/c1-2-4-5-3-1;/h1,3-4H;. The van der Waals surface area contributed by atoms with Crippen LogP contribution < -0.4 is 4.16 Å². The summed E-state index contributed by atoms with van der Waals surface area (Å²) in [5.41, 5.74) is 0. The molecule has 0 amide bonds. The van der Waals surface area contributed by atoms with Gasteiger partial charge in [0.2, 0.25) is 0 Å². The summed E-state index contributed by atoms with van der Waals surface area (Å²) in [5.74, 6) is 0. The normalized spacial score (nSPS) is 9.00. The monoisotopic (exact) mass is 147 g/mol. The van der Waals surface area contributed by atoms with E-state index in [1.165, 1.54) is 22.5 Å². The molecule has 2 heteroatoms. The first kappa shape index (κ1) is 4.48. The van der Waals surface area contributed by atoms with Crippen molar-refractivity contribution in [2.75, 3.05) is 0 Å². The molecule has 0 aliphatic heterocycles. The molecule has 0 fully saturated rings. The van der Waals surface area contributed by atoms with Gasteiger partial charge in [0.25, 0.3) is 0 Å². The van der Waals surface area contributed by atoms with Crippen LogP contribution in [0.5, 0.6) is 0 Å². The van der Waals surface area contributed by atoms with Crippen molar-refractivity contribution in [1.82, 2.24) is 0 Å². The molecule has 0 aliphatic rings. The van der Waals surface area contributed by atoms with Gasteiger partial charge in [0, 0.05) is 0 Å². The van der Waals surface area contributed by atoms with Crippen molar-refractivity contribution in [2.24, 2.45) is 0 Å². The van der Waals surface area contributed by atoms with Crippen LogP contribution in [0, 0.1) is 0 Å². The van der Waals surface area contributed by atoms with Crippen molar-refractivity contribution >= 4 is 15.5 Å². The predicted octanol–water partition coefficient (Wildman–Crippen LogP) is 0.920. The van der Waals surface area contributed by atoms with Gasteiger partial charge in [0.1, 0.15) is 0 Å². The van der Waals surface area contributed by atoms with Gasteiger partial charge in [-0.05, 0) is 0 Å². The zero-order chi connectivity index (χ0) is 4.41. The van der Waals surface area contributed by atoms with Crippen LogP contribution in [0.3, 0.4) is 0 Å². The molecule has 0 nitrogen and oxygen atoms in total. The van der Waals surface area contributed by atoms with E-state index >= 15 is 0 Å². The fraction of sp³-hybridized carbons (Fsp3) is 0. The molecule has 1 heterocycles. The van der Waals surface area contributed by atoms with Gasteiger partial charge in [0.05, 0.1) is 0 Å². The molecule has 0 spiro atoms. The second-order valence-electron chi connectivity index (χ2n) is 1.13. The molecule has 1 rings (SSSR count). The summed E-state index contributed by atoms with van der Waals surface area (Å²) in [6.45, 7) is 0. The van der Waals surface area contributed by atoms with Crippen molar-refractivity contribution in [3.63, 3.8) is 0 Å². The summed E-state index contributed by atoms with van der Waals surface area (Å²) in [6, 6.07) is 2.16. The second kappa shape index (κ2) is 1.86. The van der Waals surface area contributed by atoms with Gasteiger partial charge in [-0.3, -0.25) is 0 Å². The molecule has 0 saturated heterocycles. The molecule has 0 bridgehead atoms. The van der Waals surface area contributed by atoms with Crippen molar-refractivity contribution < 1.29 is 18.3 Å². The van der Waals surface area contributed by atoms with E-state index in [9.17, 15) is 0 Å². The van der Waals surface area contributed by atoms with E-state index in [1.807, 2.05) is 0 Å². The first-order valence-corrected chi connectivity index (χ1v) is 4.16. The van der Waals surface area contributed by atoms with Gasteiger partial charge >= 0.3 is 50.6 Å². The van der Waals surface area contributed by atoms with Crippen LogP contribution >= 0.6 is 11.3 Å². The van der Waals surface area contributed by atoms with Crippen molar-refractivity contribution in [3.8, 4) is 0 Å². The van der Waals surface area contributed by atoms with Gasteiger partial charge in [0.15, 0.2) is 0 Å². The van der Waals surface area contributed by atoms with Crippen molar-refractivity contribution in [3.05, 3.63) is 16.8 Å². The molecule has 0 aliphatic carbocycles. The Kier molecular flexibility index (Phi) is 1.39. The molecule has 0 saturated carbocycles. The molecule has 0 unspecified atom stereocenters. The van der Waals surface area contributed by atoms with Crippen LogP contribution in [0.15, 0.2) is 16.8 Å². The summed E-state index contributed by atoms with van der Waals surface area (Å²) in [6.07, 6.45) is 0. The SMILES string of the molecule is [Zn][c]1ccsc1. The van der Waals surface area contributed by atoms with Gasteiger partial charge in [-0.2, -0.15) is 0 Å². The van der Waals surface area contributed by atoms with Gasteiger partial charge < -0.3 is 0 Å². The Morgan fingerprint density at radius 1 is 1.67 bits per heavy atom. The van der Waals surface area contributed by atoms with Gasteiger partial charge in [-0.15, -0.1) is 0 Å². The van der Waals surface area contributed by atoms with Crippen LogP contribution in [0.2, 0.25) is 0 Å². The molecule has 0 radical (unpaired) electrons. The summed E-state index contributed by atoms with van der Waals surface area (Å²) in [5, 5.41) is 4.29. The number of hydrogen-bond donors (Lipinski definition) is 0. The van der Waals surface area contributed by atoms with E-state index < -0.39 is 0 Å². The molecule has 1 aromatic heterocycles. The van der Waals surface area contributed by atoms with E-state index in [4.69, 9.17) is 0 Å². The molecule has 1 aromatic rings. The first-order valence-electron chi connectivity index (χ1n) is 1.74. The Balaban J connectivity index is 3.05. The predicted molar refractivity (Wildman–Crippen MR) is 24.0 cm³/mol. The molecule has 0 atom stereocenters. The van der Waals surface area contributed by atoms with E-state index in [2.05, 4.69) is 16.8 Å². The van der Waals surface area contributed by atoms with Gasteiger partial charge in [-0.25, -0.2) is 0 Å². The van der Waals surface area contributed by atoms with Crippen molar-refractivity contribution in [1.29, 1.82) is 0 Å². The quantitative estimate of drug-likeness (QED) is 0.480. The topological polar surface area (TPSA) is 0 Å². The number of hydrogen-bond acceptors (Lipinski definition) is 1. The summed E-state index contributed by atoms with van der Waals surface area (Å²) in [7, 11) is 0. The zero-order valence-corrected chi connectivity index (χ0v) is 7.13. The minimum absolute atomic E-state index is 1.30. The van der Waals surface area contributed by atoms with Crippen LogP contribution in [0.25, 0.3) is 0 Å². The summed E-state index contributed by atoms with van der Waals surface area (Å²) >= 11 is 3.07. The maximum absolute atomic E-state index is 2.18. The van der Waals surface area contributed by atoms with Crippen LogP contribution in [0.4, 0.5) is 0 Å². The molecule has 6 heavy (non-hydrogen) atoms. The third kappa shape index (κ3) is 0.890. The fourth-order valence-electron chi connectivity index (χ4n) is 0.293. The third-order valence-electron chi connectivity index (χ3n) is 0.580. The average Bonchev–Trinajstić information content (AvgIpc) is 1.86.